The van der Waals surface area contributed by atoms with E-state index in [1.54, 1.807) is 0 Å². The zero-order valence-electron chi connectivity index (χ0n) is 11.4. The molecule has 2 atom stereocenters. The number of amides is 2. The van der Waals surface area contributed by atoms with E-state index in [0.29, 0.717) is 6.42 Å². The van der Waals surface area contributed by atoms with Crippen LogP contribution in [0.15, 0.2) is 0 Å². The molecule has 2 fully saturated rings. The van der Waals surface area contributed by atoms with Crippen LogP contribution in [0.5, 0.6) is 0 Å². The standard InChI is InChI=1S/C14H24N2O3/c17-12-8-4-7-11(12)14(19)15-9-13(18)16-10-5-2-1-3-6-10/h10-12,17H,1-9H2,(H,15,19)(H,16,18). The number of hydrogen-bond donors (Lipinski definition) is 3. The van der Waals surface area contributed by atoms with Gasteiger partial charge in [-0.15, -0.1) is 0 Å². The summed E-state index contributed by atoms with van der Waals surface area (Å²) in [6.45, 7) is 0.0263. The van der Waals surface area contributed by atoms with Crippen LogP contribution in [0.3, 0.4) is 0 Å². The monoisotopic (exact) mass is 268 g/mol. The van der Waals surface area contributed by atoms with Gasteiger partial charge in [-0.1, -0.05) is 19.3 Å². The van der Waals surface area contributed by atoms with Crippen LogP contribution in [-0.4, -0.2) is 35.6 Å². The smallest absolute Gasteiger partial charge is 0.239 e. The lowest BCUT2D eigenvalue weighted by atomic mass is 9.95. The van der Waals surface area contributed by atoms with E-state index in [4.69, 9.17) is 0 Å². The number of aliphatic hydroxyl groups excluding tert-OH is 1. The van der Waals surface area contributed by atoms with Gasteiger partial charge in [-0.25, -0.2) is 0 Å². The van der Waals surface area contributed by atoms with Gasteiger partial charge in [0.2, 0.25) is 11.8 Å². The lowest BCUT2D eigenvalue weighted by Crippen LogP contribution is -2.44. The Morgan fingerprint density at radius 1 is 1.00 bits per heavy atom. The van der Waals surface area contributed by atoms with Crippen molar-refractivity contribution < 1.29 is 14.7 Å². The van der Waals surface area contributed by atoms with Gasteiger partial charge >= 0.3 is 0 Å². The highest BCUT2D eigenvalue weighted by Gasteiger charge is 2.31. The first-order valence-corrected chi connectivity index (χ1v) is 7.42. The zero-order valence-corrected chi connectivity index (χ0v) is 11.4. The van der Waals surface area contributed by atoms with Crippen LogP contribution < -0.4 is 10.6 Å². The molecule has 2 aliphatic carbocycles. The van der Waals surface area contributed by atoms with Crippen molar-refractivity contribution in [3.63, 3.8) is 0 Å². The minimum absolute atomic E-state index is 0.0263. The van der Waals surface area contributed by atoms with E-state index >= 15 is 0 Å². The number of nitrogens with one attached hydrogen (secondary N) is 2. The molecule has 19 heavy (non-hydrogen) atoms. The van der Waals surface area contributed by atoms with Gasteiger partial charge in [-0.3, -0.25) is 9.59 Å². The number of aliphatic hydroxyl groups is 1. The van der Waals surface area contributed by atoms with Crippen LogP contribution in [0.1, 0.15) is 51.4 Å². The third kappa shape index (κ3) is 4.20. The van der Waals surface area contributed by atoms with E-state index in [-0.39, 0.29) is 30.3 Å². The Bertz CT molecular complexity index is 327. The van der Waals surface area contributed by atoms with Crippen molar-refractivity contribution in [2.24, 2.45) is 5.92 Å². The van der Waals surface area contributed by atoms with Gasteiger partial charge < -0.3 is 15.7 Å². The van der Waals surface area contributed by atoms with Crippen LogP contribution in [0.2, 0.25) is 0 Å². The quantitative estimate of drug-likeness (QED) is 0.702. The molecule has 0 spiro atoms. The molecule has 0 aliphatic heterocycles. The maximum absolute atomic E-state index is 11.8. The first-order chi connectivity index (χ1) is 9.16. The molecule has 5 heteroatoms. The molecule has 2 rings (SSSR count). The van der Waals surface area contributed by atoms with Crippen LogP contribution in [0.4, 0.5) is 0 Å². The molecule has 2 saturated carbocycles. The highest BCUT2D eigenvalue weighted by Crippen LogP contribution is 2.25. The van der Waals surface area contributed by atoms with Gasteiger partial charge in [0.05, 0.1) is 18.6 Å². The Balaban J connectivity index is 1.66. The van der Waals surface area contributed by atoms with Crippen LogP contribution in [0.25, 0.3) is 0 Å². The van der Waals surface area contributed by atoms with Crippen molar-refractivity contribution in [3.8, 4) is 0 Å². The molecular weight excluding hydrogens is 244 g/mol. The van der Waals surface area contributed by atoms with Crippen molar-refractivity contribution in [1.82, 2.24) is 10.6 Å². The summed E-state index contributed by atoms with van der Waals surface area (Å²) >= 11 is 0. The fourth-order valence-electron chi connectivity index (χ4n) is 3.07. The van der Waals surface area contributed by atoms with Crippen LogP contribution in [-0.2, 0) is 9.59 Å². The first kappa shape index (κ1) is 14.3. The van der Waals surface area contributed by atoms with Gasteiger partial charge in [0, 0.05) is 6.04 Å². The minimum Gasteiger partial charge on any atom is -0.392 e. The Labute approximate surface area is 114 Å². The predicted molar refractivity (Wildman–Crippen MR) is 71.4 cm³/mol. The molecule has 0 heterocycles. The second-order valence-corrected chi connectivity index (χ2v) is 5.72. The first-order valence-electron chi connectivity index (χ1n) is 7.42. The maximum Gasteiger partial charge on any atom is 0.239 e. The minimum atomic E-state index is -0.540. The summed E-state index contributed by atoms with van der Waals surface area (Å²) in [5, 5.41) is 15.2. The zero-order chi connectivity index (χ0) is 13.7. The largest absolute Gasteiger partial charge is 0.392 e. The number of carbonyl (C=O) groups excluding carboxylic acids is 2. The second-order valence-electron chi connectivity index (χ2n) is 5.72. The molecule has 0 aromatic rings. The SMILES string of the molecule is O=C(CNC(=O)C1CCCC1O)NC1CCCCC1. The average molecular weight is 268 g/mol. The third-order valence-electron chi connectivity index (χ3n) is 4.21. The molecule has 0 bridgehead atoms. The van der Waals surface area contributed by atoms with E-state index in [2.05, 4.69) is 10.6 Å². The van der Waals surface area contributed by atoms with Crippen LogP contribution >= 0.6 is 0 Å². The van der Waals surface area contributed by atoms with E-state index in [1.807, 2.05) is 0 Å². The van der Waals surface area contributed by atoms with E-state index in [9.17, 15) is 14.7 Å². The summed E-state index contributed by atoms with van der Waals surface area (Å²) in [5.74, 6) is -0.640. The fourth-order valence-corrected chi connectivity index (χ4v) is 3.07. The lowest BCUT2D eigenvalue weighted by molar-refractivity contribution is -0.130. The van der Waals surface area contributed by atoms with Crippen LogP contribution in [0, 0.1) is 5.92 Å². The summed E-state index contributed by atoms with van der Waals surface area (Å²) in [5.41, 5.74) is 0. The van der Waals surface area contributed by atoms with E-state index in [1.165, 1.54) is 19.3 Å². The molecule has 3 N–H and O–H groups in total. The van der Waals surface area contributed by atoms with Gasteiger partial charge in [0.25, 0.3) is 0 Å². The fraction of sp³-hybridized carbons (Fsp3) is 0.857. The molecule has 0 saturated heterocycles. The second kappa shape index (κ2) is 6.89. The molecule has 108 valence electrons. The molecular formula is C14H24N2O3. The van der Waals surface area contributed by atoms with E-state index < -0.39 is 6.10 Å². The number of carbonyl (C=O) groups is 2. The van der Waals surface area contributed by atoms with Crippen molar-refractivity contribution in [2.45, 2.75) is 63.5 Å². The summed E-state index contributed by atoms with van der Waals surface area (Å²) in [7, 11) is 0. The van der Waals surface area contributed by atoms with Crippen molar-refractivity contribution in [3.05, 3.63) is 0 Å². The van der Waals surface area contributed by atoms with Gasteiger partial charge in [-0.05, 0) is 32.1 Å². The molecule has 0 radical (unpaired) electrons. The lowest BCUT2D eigenvalue weighted by Gasteiger charge is -2.23. The number of rotatable bonds is 4. The summed E-state index contributed by atoms with van der Waals surface area (Å²) in [4.78, 5) is 23.5. The van der Waals surface area contributed by atoms with Gasteiger partial charge in [0.1, 0.15) is 0 Å². The topological polar surface area (TPSA) is 78.4 Å². The Morgan fingerprint density at radius 2 is 1.74 bits per heavy atom. The number of hydrogen-bond acceptors (Lipinski definition) is 3. The highest BCUT2D eigenvalue weighted by atomic mass is 16.3. The third-order valence-corrected chi connectivity index (χ3v) is 4.21. The molecule has 0 aromatic carbocycles. The molecule has 2 unspecified atom stereocenters. The van der Waals surface area contributed by atoms with Gasteiger partial charge in [-0.2, -0.15) is 0 Å². The summed E-state index contributed by atoms with van der Waals surface area (Å²) in [6, 6.07) is 0.273. The summed E-state index contributed by atoms with van der Waals surface area (Å²) < 4.78 is 0. The average Bonchev–Trinajstić information content (AvgIpc) is 2.83. The molecule has 5 nitrogen and oxygen atoms in total. The Hall–Kier alpha value is -1.10. The molecule has 0 aromatic heterocycles. The Morgan fingerprint density at radius 3 is 2.37 bits per heavy atom. The maximum atomic E-state index is 11.8. The molecule has 2 amide bonds. The van der Waals surface area contributed by atoms with Crippen molar-refractivity contribution in [1.29, 1.82) is 0 Å². The van der Waals surface area contributed by atoms with Gasteiger partial charge in [0.15, 0.2) is 0 Å². The highest BCUT2D eigenvalue weighted by molar-refractivity contribution is 5.86. The normalized spacial score (nSPS) is 28.1. The molecule has 2 aliphatic rings. The summed E-state index contributed by atoms with van der Waals surface area (Å²) in [6.07, 6.45) is 7.43. The van der Waals surface area contributed by atoms with E-state index in [0.717, 1.165) is 25.7 Å². The Kier molecular flexibility index (Phi) is 5.19. The predicted octanol–water partition coefficient (Wildman–Crippen LogP) is 0.712. The van der Waals surface area contributed by atoms with Crippen molar-refractivity contribution in [2.75, 3.05) is 6.54 Å². The van der Waals surface area contributed by atoms with Crippen molar-refractivity contribution >= 4 is 11.8 Å².